The lowest BCUT2D eigenvalue weighted by atomic mass is 10.0. The van der Waals surface area contributed by atoms with Gasteiger partial charge in [-0.05, 0) is 60.7 Å². The Kier molecular flexibility index (Phi) is 5.89. The van der Waals surface area contributed by atoms with E-state index in [0.717, 1.165) is 26.9 Å². The van der Waals surface area contributed by atoms with Crippen LogP contribution < -0.4 is 4.90 Å². The fraction of sp³-hybridized carbons (Fsp3) is 0.200. The van der Waals surface area contributed by atoms with Crippen LogP contribution >= 0.6 is 22.9 Å². The number of thiazole rings is 1. The van der Waals surface area contributed by atoms with Crippen molar-refractivity contribution in [1.29, 1.82) is 0 Å². The van der Waals surface area contributed by atoms with Crippen molar-refractivity contribution in [2.45, 2.75) is 33.7 Å². The van der Waals surface area contributed by atoms with E-state index >= 15 is 0 Å². The maximum atomic E-state index is 13.4. The predicted octanol–water partition coefficient (Wildman–Crippen LogP) is 6.65. The van der Waals surface area contributed by atoms with Gasteiger partial charge in [0.2, 0.25) is 5.91 Å². The minimum absolute atomic E-state index is 0.0323. The van der Waals surface area contributed by atoms with E-state index in [0.29, 0.717) is 23.1 Å². The first kappa shape index (κ1) is 20.6. The summed E-state index contributed by atoms with van der Waals surface area (Å²) in [5.74, 6) is 0.0323. The van der Waals surface area contributed by atoms with Crippen LogP contribution in [0.3, 0.4) is 0 Å². The molecule has 1 aromatic heterocycles. The first-order chi connectivity index (χ1) is 14.4. The Balaban J connectivity index is 1.71. The topological polar surface area (TPSA) is 33.2 Å². The molecule has 0 spiro atoms. The maximum Gasteiger partial charge on any atom is 0.233 e. The van der Waals surface area contributed by atoms with Gasteiger partial charge in [0, 0.05) is 5.02 Å². The van der Waals surface area contributed by atoms with Crippen molar-refractivity contribution in [3.63, 3.8) is 0 Å². The van der Waals surface area contributed by atoms with Crippen LogP contribution in [0.2, 0.25) is 5.02 Å². The number of rotatable bonds is 5. The molecule has 0 unspecified atom stereocenters. The highest BCUT2D eigenvalue weighted by molar-refractivity contribution is 7.22. The lowest BCUT2D eigenvalue weighted by Gasteiger charge is -2.20. The van der Waals surface area contributed by atoms with Gasteiger partial charge in [-0.3, -0.25) is 9.69 Å². The van der Waals surface area contributed by atoms with E-state index in [4.69, 9.17) is 16.6 Å². The summed E-state index contributed by atoms with van der Waals surface area (Å²) >= 11 is 7.82. The Morgan fingerprint density at radius 3 is 2.47 bits per heavy atom. The number of benzene rings is 3. The third-order valence-electron chi connectivity index (χ3n) is 5.38. The lowest BCUT2D eigenvalue weighted by Crippen LogP contribution is -2.31. The van der Waals surface area contributed by atoms with Gasteiger partial charge in [0.1, 0.15) is 0 Å². The third kappa shape index (κ3) is 4.25. The SMILES string of the molecule is Cc1ccc(CC(=O)N(Cc2ccccc2)c2nc3c(C)c(Cl)ccc3s2)cc1C. The molecule has 0 saturated heterocycles. The van der Waals surface area contributed by atoms with Crippen molar-refractivity contribution < 1.29 is 4.79 Å². The summed E-state index contributed by atoms with van der Waals surface area (Å²) in [6.45, 7) is 6.60. The van der Waals surface area contributed by atoms with Crippen LogP contribution in [0.4, 0.5) is 5.13 Å². The minimum Gasteiger partial charge on any atom is -0.283 e. The van der Waals surface area contributed by atoms with Crippen molar-refractivity contribution in [3.05, 3.63) is 93.5 Å². The zero-order chi connectivity index (χ0) is 21.3. The average molecular weight is 435 g/mol. The van der Waals surface area contributed by atoms with Gasteiger partial charge in [-0.2, -0.15) is 0 Å². The molecule has 1 amide bonds. The van der Waals surface area contributed by atoms with Gasteiger partial charge in [0.05, 0.1) is 23.2 Å². The molecule has 0 saturated carbocycles. The van der Waals surface area contributed by atoms with Crippen molar-refractivity contribution in [2.75, 3.05) is 4.90 Å². The first-order valence-corrected chi connectivity index (χ1v) is 11.1. The van der Waals surface area contributed by atoms with Gasteiger partial charge in [-0.15, -0.1) is 0 Å². The number of aromatic nitrogens is 1. The van der Waals surface area contributed by atoms with Crippen LogP contribution in [0, 0.1) is 20.8 Å². The van der Waals surface area contributed by atoms with Crippen LogP contribution in [-0.4, -0.2) is 10.9 Å². The molecule has 30 heavy (non-hydrogen) atoms. The molecule has 3 aromatic carbocycles. The Morgan fingerprint density at radius 1 is 0.967 bits per heavy atom. The number of hydrogen-bond acceptors (Lipinski definition) is 3. The molecule has 5 heteroatoms. The molecular weight excluding hydrogens is 412 g/mol. The highest BCUT2D eigenvalue weighted by Gasteiger charge is 2.21. The summed E-state index contributed by atoms with van der Waals surface area (Å²) in [6, 6.07) is 20.1. The summed E-state index contributed by atoms with van der Waals surface area (Å²) in [4.78, 5) is 20.0. The van der Waals surface area contributed by atoms with Crippen molar-refractivity contribution in [1.82, 2.24) is 4.98 Å². The molecule has 0 atom stereocenters. The number of anilines is 1. The largest absolute Gasteiger partial charge is 0.283 e. The molecule has 0 aliphatic rings. The van der Waals surface area contributed by atoms with E-state index in [1.807, 2.05) is 55.5 Å². The molecule has 0 aliphatic carbocycles. The number of carbonyl (C=O) groups is 1. The number of aryl methyl sites for hydroxylation is 3. The van der Waals surface area contributed by atoms with Crippen LogP contribution in [0.1, 0.15) is 27.8 Å². The fourth-order valence-electron chi connectivity index (χ4n) is 3.42. The summed E-state index contributed by atoms with van der Waals surface area (Å²) in [5, 5.41) is 1.39. The third-order valence-corrected chi connectivity index (χ3v) is 6.83. The second kappa shape index (κ2) is 8.58. The van der Waals surface area contributed by atoms with Crippen molar-refractivity contribution in [3.8, 4) is 0 Å². The van der Waals surface area contributed by atoms with Crippen LogP contribution in [0.5, 0.6) is 0 Å². The van der Waals surface area contributed by atoms with E-state index in [1.54, 1.807) is 4.90 Å². The number of nitrogens with zero attached hydrogens (tertiary/aromatic N) is 2. The smallest absolute Gasteiger partial charge is 0.233 e. The molecule has 0 aliphatic heterocycles. The summed E-state index contributed by atoms with van der Waals surface area (Å²) in [6.07, 6.45) is 0.337. The second-order valence-corrected chi connectivity index (χ2v) is 8.99. The highest BCUT2D eigenvalue weighted by atomic mass is 35.5. The van der Waals surface area contributed by atoms with E-state index in [1.165, 1.54) is 22.5 Å². The number of hydrogen-bond donors (Lipinski definition) is 0. The molecule has 0 radical (unpaired) electrons. The van der Waals surface area contributed by atoms with E-state index in [9.17, 15) is 4.79 Å². The van der Waals surface area contributed by atoms with Gasteiger partial charge in [-0.25, -0.2) is 4.98 Å². The molecule has 0 bridgehead atoms. The average Bonchev–Trinajstić information content (AvgIpc) is 3.17. The second-order valence-electron chi connectivity index (χ2n) is 7.58. The molecule has 3 nitrogen and oxygen atoms in total. The summed E-state index contributed by atoms with van der Waals surface area (Å²) in [7, 11) is 0. The summed E-state index contributed by atoms with van der Waals surface area (Å²) in [5.41, 5.74) is 6.31. The van der Waals surface area contributed by atoms with E-state index in [2.05, 4.69) is 26.0 Å². The minimum atomic E-state index is 0.0323. The highest BCUT2D eigenvalue weighted by Crippen LogP contribution is 2.34. The van der Waals surface area contributed by atoms with Crippen molar-refractivity contribution in [2.24, 2.45) is 0 Å². The fourth-order valence-corrected chi connectivity index (χ4v) is 4.61. The number of halogens is 1. The molecule has 0 N–H and O–H groups in total. The Bertz CT molecular complexity index is 1220. The van der Waals surface area contributed by atoms with Crippen LogP contribution in [0.25, 0.3) is 10.2 Å². The van der Waals surface area contributed by atoms with Crippen molar-refractivity contribution >= 4 is 44.2 Å². The molecule has 152 valence electrons. The first-order valence-electron chi connectivity index (χ1n) is 9.88. The molecule has 4 rings (SSSR count). The number of fused-ring (bicyclic) bond motifs is 1. The van der Waals surface area contributed by atoms with Gasteiger partial charge in [-0.1, -0.05) is 71.5 Å². The number of amides is 1. The van der Waals surface area contributed by atoms with Gasteiger partial charge < -0.3 is 0 Å². The molecule has 0 fully saturated rings. The zero-order valence-corrected chi connectivity index (χ0v) is 18.8. The molecular formula is C25H23ClN2OS. The Hall–Kier alpha value is -2.69. The Labute approximate surface area is 186 Å². The van der Waals surface area contributed by atoms with Crippen LogP contribution in [-0.2, 0) is 17.8 Å². The van der Waals surface area contributed by atoms with Gasteiger partial charge >= 0.3 is 0 Å². The Morgan fingerprint density at radius 2 is 1.73 bits per heavy atom. The quantitative estimate of drug-likeness (QED) is 0.352. The monoisotopic (exact) mass is 434 g/mol. The molecule has 1 heterocycles. The van der Waals surface area contributed by atoms with Gasteiger partial charge in [0.25, 0.3) is 0 Å². The number of carbonyl (C=O) groups excluding carboxylic acids is 1. The lowest BCUT2D eigenvalue weighted by molar-refractivity contribution is -0.118. The zero-order valence-electron chi connectivity index (χ0n) is 17.3. The normalized spacial score (nSPS) is 11.1. The van der Waals surface area contributed by atoms with E-state index in [-0.39, 0.29) is 5.91 Å². The molecule has 4 aromatic rings. The van der Waals surface area contributed by atoms with Crippen LogP contribution in [0.15, 0.2) is 60.7 Å². The summed E-state index contributed by atoms with van der Waals surface area (Å²) < 4.78 is 1.03. The van der Waals surface area contributed by atoms with E-state index < -0.39 is 0 Å². The maximum absolute atomic E-state index is 13.4. The van der Waals surface area contributed by atoms with Gasteiger partial charge in [0.15, 0.2) is 5.13 Å². The predicted molar refractivity (Wildman–Crippen MR) is 127 cm³/mol. The standard InChI is InChI=1S/C25H23ClN2OS/c1-16-9-10-20(13-17(16)2)14-23(29)28(15-19-7-5-4-6-8-19)25-27-24-18(3)21(26)11-12-22(24)30-25/h4-13H,14-15H2,1-3H3.